The van der Waals surface area contributed by atoms with E-state index >= 15 is 0 Å². The van der Waals surface area contributed by atoms with Gasteiger partial charge in [-0.1, -0.05) is 12.6 Å². The Labute approximate surface area is 240 Å². The summed E-state index contributed by atoms with van der Waals surface area (Å²) >= 11 is 0. The van der Waals surface area contributed by atoms with Crippen molar-refractivity contribution in [3.8, 4) is 5.69 Å². The zero-order chi connectivity index (χ0) is 30.5. The summed E-state index contributed by atoms with van der Waals surface area (Å²) in [6.45, 7) is 7.83. The van der Waals surface area contributed by atoms with Crippen LogP contribution in [0, 0.1) is 13.8 Å². The highest BCUT2D eigenvalue weighted by atomic mass is 16.4. The molecule has 0 spiro atoms. The van der Waals surface area contributed by atoms with Crippen LogP contribution >= 0.6 is 0 Å². The van der Waals surface area contributed by atoms with Crippen molar-refractivity contribution in [2.75, 3.05) is 23.9 Å². The van der Waals surface area contributed by atoms with Gasteiger partial charge in [0.15, 0.2) is 0 Å². The van der Waals surface area contributed by atoms with Crippen LogP contribution in [0.25, 0.3) is 11.3 Å². The monoisotopic (exact) mass is 565 g/mol. The number of H-pyrrole nitrogens is 1. The van der Waals surface area contributed by atoms with E-state index < -0.39 is 23.4 Å². The van der Waals surface area contributed by atoms with Crippen LogP contribution in [0.5, 0.6) is 0 Å². The molecule has 42 heavy (non-hydrogen) atoms. The molecule has 0 fully saturated rings. The maximum absolute atomic E-state index is 14.1. The zero-order valence-electron chi connectivity index (χ0n) is 23.3. The first-order valence-electron chi connectivity index (χ1n) is 12.8. The van der Waals surface area contributed by atoms with Gasteiger partial charge in [0.25, 0.3) is 11.5 Å². The average molecular weight is 566 g/mol. The fourth-order valence-electron chi connectivity index (χ4n) is 4.87. The van der Waals surface area contributed by atoms with E-state index in [9.17, 15) is 29.4 Å². The normalized spacial score (nSPS) is 13.8. The Morgan fingerprint density at radius 1 is 0.881 bits per heavy atom. The number of aromatic nitrogens is 2. The molecular weight excluding hydrogens is 538 g/mol. The third-order valence-electron chi connectivity index (χ3n) is 7.03. The molecule has 0 saturated heterocycles. The smallest absolute Gasteiger partial charge is 0.335 e. The number of rotatable bonds is 6. The molecule has 2 heterocycles. The Hall–Kier alpha value is -5.71. The molecule has 1 aliphatic rings. The number of carbonyl (C=O) groups excluding carboxylic acids is 1. The van der Waals surface area contributed by atoms with Crippen LogP contribution in [0.2, 0.25) is 0 Å². The van der Waals surface area contributed by atoms with Gasteiger partial charge >= 0.3 is 11.9 Å². The summed E-state index contributed by atoms with van der Waals surface area (Å²) < 4.78 is 1.14. The predicted octanol–water partition coefficient (Wildman–Crippen LogP) is 4.71. The molecule has 3 aromatic carbocycles. The minimum Gasteiger partial charge on any atom is -0.478 e. The number of hydrogen-bond donors (Lipinski definition) is 3. The van der Waals surface area contributed by atoms with E-state index in [1.807, 2.05) is 45.0 Å². The fourth-order valence-corrected chi connectivity index (χ4v) is 4.87. The molecule has 11 nitrogen and oxygen atoms in total. The maximum Gasteiger partial charge on any atom is 0.335 e. The lowest BCUT2D eigenvalue weighted by Crippen LogP contribution is -2.39. The number of fused-ring (bicyclic) bond motifs is 1. The lowest BCUT2D eigenvalue weighted by Gasteiger charge is -2.28. The first-order chi connectivity index (χ1) is 19.9. The number of carboxylic acids is 2. The van der Waals surface area contributed by atoms with Crippen molar-refractivity contribution in [3.05, 3.63) is 105 Å². The minimum atomic E-state index is -1.17. The van der Waals surface area contributed by atoms with E-state index in [2.05, 4.69) is 11.7 Å². The number of benzene rings is 3. The van der Waals surface area contributed by atoms with Gasteiger partial charge < -0.3 is 15.1 Å². The van der Waals surface area contributed by atoms with Gasteiger partial charge in [0.05, 0.1) is 33.8 Å². The number of amides is 1. The quantitative estimate of drug-likeness (QED) is 0.307. The lowest BCUT2D eigenvalue weighted by atomic mass is 9.97. The molecule has 5 rings (SSSR count). The number of carboxylic acid groups (broad SMARTS) is 2. The van der Waals surface area contributed by atoms with Crippen LogP contribution < -0.4 is 15.4 Å². The summed E-state index contributed by atoms with van der Waals surface area (Å²) in [5.74, 6) is -2.79. The molecule has 1 aliphatic heterocycles. The molecule has 212 valence electrons. The van der Waals surface area contributed by atoms with Gasteiger partial charge in [0.1, 0.15) is 11.5 Å². The third kappa shape index (κ3) is 4.66. The van der Waals surface area contributed by atoms with Crippen molar-refractivity contribution in [1.29, 1.82) is 0 Å². The first kappa shape index (κ1) is 27.8. The van der Waals surface area contributed by atoms with Crippen molar-refractivity contribution < 1.29 is 24.6 Å². The highest BCUT2D eigenvalue weighted by Crippen LogP contribution is 2.38. The molecule has 1 aromatic heterocycles. The van der Waals surface area contributed by atoms with Gasteiger partial charge in [0, 0.05) is 25.4 Å². The van der Waals surface area contributed by atoms with Gasteiger partial charge in [-0.2, -0.15) is 0 Å². The van der Waals surface area contributed by atoms with Crippen LogP contribution in [-0.4, -0.2) is 57.6 Å². The molecule has 4 aromatic rings. The van der Waals surface area contributed by atoms with Crippen molar-refractivity contribution in [1.82, 2.24) is 9.78 Å². The number of aliphatic imine (C=N–C) groups is 1. The molecule has 0 atom stereocenters. The van der Waals surface area contributed by atoms with Crippen molar-refractivity contribution in [2.24, 2.45) is 4.99 Å². The number of aryl methyl sites for hydroxylation is 2. The zero-order valence-corrected chi connectivity index (χ0v) is 23.3. The van der Waals surface area contributed by atoms with E-state index in [0.29, 0.717) is 5.69 Å². The second-order valence-electron chi connectivity index (χ2n) is 10.1. The number of nitrogens with one attached hydrogen (secondary N) is 1. The maximum atomic E-state index is 14.1. The van der Waals surface area contributed by atoms with Gasteiger partial charge in [-0.05, 0) is 79.6 Å². The lowest BCUT2D eigenvalue weighted by molar-refractivity contribution is -0.111. The Morgan fingerprint density at radius 2 is 1.50 bits per heavy atom. The van der Waals surface area contributed by atoms with Gasteiger partial charge in [-0.25, -0.2) is 19.3 Å². The van der Waals surface area contributed by atoms with Gasteiger partial charge in [-0.15, -0.1) is 0 Å². The number of aromatic carboxylic acids is 2. The number of anilines is 3. The molecule has 0 saturated carbocycles. The van der Waals surface area contributed by atoms with E-state index in [-0.39, 0.29) is 45.2 Å². The van der Waals surface area contributed by atoms with E-state index in [1.54, 1.807) is 6.07 Å². The van der Waals surface area contributed by atoms with Crippen molar-refractivity contribution in [3.63, 3.8) is 0 Å². The molecular formula is C31H27N5O6. The number of nitrogens with zero attached hydrogens (tertiary/aromatic N) is 4. The topological polar surface area (TPSA) is 148 Å². The Balaban J connectivity index is 1.75. The van der Waals surface area contributed by atoms with E-state index in [4.69, 9.17) is 4.99 Å². The largest absolute Gasteiger partial charge is 0.478 e. The molecule has 0 aliphatic carbocycles. The second kappa shape index (κ2) is 10.4. The number of aromatic amines is 1. The van der Waals surface area contributed by atoms with Crippen LogP contribution in [0.3, 0.4) is 0 Å². The van der Waals surface area contributed by atoms with Crippen LogP contribution in [0.15, 0.2) is 77.0 Å². The predicted molar refractivity (Wildman–Crippen MR) is 160 cm³/mol. The second-order valence-corrected chi connectivity index (χ2v) is 10.1. The highest BCUT2D eigenvalue weighted by molar-refractivity contribution is 6.61. The van der Waals surface area contributed by atoms with E-state index in [0.717, 1.165) is 21.5 Å². The average Bonchev–Trinajstić information content (AvgIpc) is 3.29. The van der Waals surface area contributed by atoms with Crippen LogP contribution in [0.1, 0.15) is 37.4 Å². The SMILES string of the molecule is C=C1C(=Nc2c(C)cc(N(C)C)cc2C)C(=O)N(c2ccc(C(=O)O)cc2)c2[nH]n(-c3cccc(C(=O)O)c3)c(=O)c21. The Morgan fingerprint density at radius 3 is 2.07 bits per heavy atom. The Bertz CT molecular complexity index is 1870. The highest BCUT2D eigenvalue weighted by Gasteiger charge is 2.38. The van der Waals surface area contributed by atoms with Crippen molar-refractivity contribution in [2.45, 2.75) is 13.8 Å². The first-order valence-corrected chi connectivity index (χ1v) is 12.8. The molecule has 0 radical (unpaired) electrons. The summed E-state index contributed by atoms with van der Waals surface area (Å²) in [5.41, 5.74) is 3.19. The summed E-state index contributed by atoms with van der Waals surface area (Å²) in [4.78, 5) is 58.9. The minimum absolute atomic E-state index is 0.0190. The molecule has 1 amide bonds. The summed E-state index contributed by atoms with van der Waals surface area (Å²) in [5, 5.41) is 21.8. The number of hydrogen-bond acceptors (Lipinski definition) is 6. The third-order valence-corrected chi connectivity index (χ3v) is 7.03. The molecule has 3 N–H and O–H groups in total. The Kier molecular flexibility index (Phi) is 6.87. The summed E-state index contributed by atoms with van der Waals surface area (Å²) in [6.07, 6.45) is 0. The molecule has 0 bridgehead atoms. The fraction of sp³-hybridized carbons (Fsp3) is 0.129. The van der Waals surface area contributed by atoms with Gasteiger partial charge in [0.2, 0.25) is 0 Å². The van der Waals surface area contributed by atoms with Crippen LogP contribution in [-0.2, 0) is 4.79 Å². The number of carbonyl (C=O) groups is 3. The summed E-state index contributed by atoms with van der Waals surface area (Å²) in [6, 6.07) is 15.3. The van der Waals surface area contributed by atoms with Crippen LogP contribution in [0.4, 0.5) is 22.9 Å². The standard InChI is InChI=1S/C31H27N5O6/c1-16-13-23(34(4)5)14-17(2)25(16)32-26-18(3)24-27(35(29(26)38)21-11-9-19(10-12-21)30(39)40)33-36(28(24)37)22-8-6-7-20(15-22)31(41)42/h6-15,33H,3H2,1-2,4-5H3,(H,39,40)(H,41,42). The summed E-state index contributed by atoms with van der Waals surface area (Å²) in [7, 11) is 3.84. The van der Waals surface area contributed by atoms with Crippen molar-refractivity contribution >= 4 is 52.0 Å². The van der Waals surface area contributed by atoms with Gasteiger partial charge in [-0.3, -0.25) is 19.6 Å². The molecule has 11 heteroatoms. The molecule has 0 unspecified atom stereocenters. The van der Waals surface area contributed by atoms with E-state index in [1.165, 1.54) is 47.4 Å².